The summed E-state index contributed by atoms with van der Waals surface area (Å²) in [6.45, 7) is 7.13. The molecular formula is C31H31IN2O2Si. The number of benzene rings is 3. The molecule has 0 aliphatic carbocycles. The largest absolute Gasteiger partial charge is 0.491 e. The number of aromatic nitrogens is 2. The fraction of sp³-hybridized carbons (Fsp3) is 0.194. The molecule has 0 bridgehead atoms. The third-order valence-corrected chi connectivity index (χ3v) is 9.64. The molecule has 6 heteroatoms. The SMILES string of the molecule is CC(C)(C)C(COc1cccc(-c2cn3cc(I)ccc3n2)c1)O[SiH](c1ccccc1)c1ccccc1. The van der Waals surface area contributed by atoms with E-state index in [0.717, 1.165) is 22.7 Å². The van der Waals surface area contributed by atoms with Crippen molar-refractivity contribution in [2.75, 3.05) is 6.61 Å². The van der Waals surface area contributed by atoms with E-state index in [4.69, 9.17) is 14.1 Å². The lowest BCUT2D eigenvalue weighted by molar-refractivity contribution is 0.0435. The van der Waals surface area contributed by atoms with E-state index in [-0.39, 0.29) is 11.5 Å². The van der Waals surface area contributed by atoms with Gasteiger partial charge in [0, 0.05) is 21.5 Å². The number of rotatable bonds is 8. The van der Waals surface area contributed by atoms with Gasteiger partial charge in [0.2, 0.25) is 9.04 Å². The van der Waals surface area contributed by atoms with Gasteiger partial charge in [-0.3, -0.25) is 0 Å². The van der Waals surface area contributed by atoms with Gasteiger partial charge >= 0.3 is 0 Å². The Bertz CT molecular complexity index is 1430. The topological polar surface area (TPSA) is 35.8 Å². The van der Waals surface area contributed by atoms with Crippen LogP contribution in [0.1, 0.15) is 20.8 Å². The molecule has 188 valence electrons. The molecule has 0 aliphatic rings. The maximum Gasteiger partial charge on any atom is 0.240 e. The van der Waals surface area contributed by atoms with E-state index >= 15 is 0 Å². The first-order valence-electron chi connectivity index (χ1n) is 12.5. The first kappa shape index (κ1) is 25.7. The summed E-state index contributed by atoms with van der Waals surface area (Å²) in [4.78, 5) is 4.79. The van der Waals surface area contributed by atoms with Crippen LogP contribution in [0, 0.1) is 8.99 Å². The van der Waals surface area contributed by atoms with Crippen molar-refractivity contribution in [1.29, 1.82) is 0 Å². The van der Waals surface area contributed by atoms with Crippen molar-refractivity contribution in [2.45, 2.75) is 26.9 Å². The van der Waals surface area contributed by atoms with Crippen LogP contribution in [0.4, 0.5) is 0 Å². The highest BCUT2D eigenvalue weighted by molar-refractivity contribution is 14.1. The molecule has 0 spiro atoms. The molecule has 0 amide bonds. The number of ether oxygens (including phenoxy) is 1. The number of pyridine rings is 1. The van der Waals surface area contributed by atoms with E-state index in [1.54, 1.807) is 0 Å². The smallest absolute Gasteiger partial charge is 0.240 e. The van der Waals surface area contributed by atoms with Crippen molar-refractivity contribution in [3.05, 3.63) is 113 Å². The first-order valence-corrected chi connectivity index (χ1v) is 15.2. The van der Waals surface area contributed by atoms with Gasteiger partial charge in [-0.25, -0.2) is 4.98 Å². The van der Waals surface area contributed by atoms with Gasteiger partial charge in [0.05, 0.1) is 11.8 Å². The molecule has 5 aromatic rings. The third-order valence-electron chi connectivity index (χ3n) is 6.42. The second-order valence-electron chi connectivity index (χ2n) is 10.3. The number of halogens is 1. The van der Waals surface area contributed by atoms with Crippen molar-refractivity contribution >= 4 is 47.7 Å². The lowest BCUT2D eigenvalue weighted by atomic mass is 9.90. The van der Waals surface area contributed by atoms with Crippen LogP contribution in [0.3, 0.4) is 0 Å². The molecule has 3 aromatic carbocycles. The Hall–Kier alpha value is -2.94. The van der Waals surface area contributed by atoms with Crippen LogP contribution in [0.15, 0.2) is 109 Å². The predicted molar refractivity (Wildman–Crippen MR) is 162 cm³/mol. The normalized spacial score (nSPS) is 12.7. The fourth-order valence-corrected chi connectivity index (χ4v) is 7.42. The number of imidazole rings is 1. The van der Waals surface area contributed by atoms with Crippen molar-refractivity contribution in [1.82, 2.24) is 9.38 Å². The molecule has 1 atom stereocenters. The minimum Gasteiger partial charge on any atom is -0.491 e. The molecule has 2 heterocycles. The molecule has 0 saturated heterocycles. The van der Waals surface area contributed by atoms with Crippen molar-refractivity contribution in [3.63, 3.8) is 0 Å². The number of nitrogens with zero attached hydrogens (tertiary/aromatic N) is 2. The Labute approximate surface area is 234 Å². The standard InChI is InChI=1S/C31H31IN2O2Si/c1-31(2,3)29(36-37(26-13-6-4-7-14-26)27-15-8-5-9-16-27)22-35-25-12-10-11-23(19-25)28-21-34-20-24(32)17-18-30(34)33-28/h4-21,29,37H,22H2,1-3H3. The average molecular weight is 619 g/mol. The molecule has 2 aromatic heterocycles. The molecular weight excluding hydrogens is 587 g/mol. The maximum absolute atomic E-state index is 6.97. The quantitative estimate of drug-likeness (QED) is 0.159. The lowest BCUT2D eigenvalue weighted by Crippen LogP contribution is -2.51. The zero-order valence-corrected chi connectivity index (χ0v) is 24.7. The Morgan fingerprint density at radius 2 is 1.51 bits per heavy atom. The summed E-state index contributed by atoms with van der Waals surface area (Å²) in [6.07, 6.45) is 4.07. The summed E-state index contributed by atoms with van der Waals surface area (Å²) >= 11 is 2.32. The van der Waals surface area contributed by atoms with Gasteiger partial charge in [-0.2, -0.15) is 0 Å². The number of hydrogen-bond donors (Lipinski definition) is 0. The Morgan fingerprint density at radius 3 is 2.16 bits per heavy atom. The zero-order chi connectivity index (χ0) is 25.8. The van der Waals surface area contributed by atoms with E-state index in [9.17, 15) is 0 Å². The molecule has 0 aliphatic heterocycles. The van der Waals surface area contributed by atoms with Gasteiger partial charge in [-0.05, 0) is 62.6 Å². The summed E-state index contributed by atoms with van der Waals surface area (Å²) in [6, 6.07) is 33.5. The Kier molecular flexibility index (Phi) is 7.78. The number of hydrogen-bond acceptors (Lipinski definition) is 3. The van der Waals surface area contributed by atoms with Gasteiger partial charge in [0.15, 0.2) is 0 Å². The molecule has 4 nitrogen and oxygen atoms in total. The van der Waals surface area contributed by atoms with Crippen molar-refractivity contribution in [2.24, 2.45) is 5.41 Å². The molecule has 0 radical (unpaired) electrons. The fourth-order valence-electron chi connectivity index (χ4n) is 4.28. The highest BCUT2D eigenvalue weighted by Crippen LogP contribution is 2.27. The molecule has 5 rings (SSSR count). The van der Waals surface area contributed by atoms with E-state index in [1.807, 2.05) is 18.2 Å². The minimum atomic E-state index is -1.91. The predicted octanol–water partition coefficient (Wildman–Crippen LogP) is 5.95. The summed E-state index contributed by atoms with van der Waals surface area (Å²) in [5.41, 5.74) is 2.80. The summed E-state index contributed by atoms with van der Waals surface area (Å²) in [5, 5.41) is 2.54. The monoisotopic (exact) mass is 618 g/mol. The summed E-state index contributed by atoms with van der Waals surface area (Å²) < 4.78 is 16.6. The summed E-state index contributed by atoms with van der Waals surface area (Å²) in [7, 11) is -1.91. The van der Waals surface area contributed by atoms with Crippen LogP contribution in [-0.4, -0.2) is 31.1 Å². The van der Waals surface area contributed by atoms with Crippen LogP contribution in [-0.2, 0) is 4.43 Å². The van der Waals surface area contributed by atoms with Gasteiger partial charge in [-0.15, -0.1) is 0 Å². The van der Waals surface area contributed by atoms with Crippen LogP contribution < -0.4 is 15.1 Å². The third kappa shape index (κ3) is 6.31. The highest BCUT2D eigenvalue weighted by Gasteiger charge is 2.31. The first-order chi connectivity index (χ1) is 17.9. The van der Waals surface area contributed by atoms with Crippen LogP contribution in [0.25, 0.3) is 16.9 Å². The highest BCUT2D eigenvalue weighted by atomic mass is 127. The maximum atomic E-state index is 6.97. The van der Waals surface area contributed by atoms with E-state index < -0.39 is 9.04 Å². The van der Waals surface area contributed by atoms with E-state index in [0.29, 0.717) is 6.61 Å². The van der Waals surface area contributed by atoms with Gasteiger partial charge in [0.1, 0.15) is 18.0 Å². The second kappa shape index (κ2) is 11.2. The second-order valence-corrected chi connectivity index (χ2v) is 13.9. The number of fused-ring (bicyclic) bond motifs is 1. The Balaban J connectivity index is 1.37. The van der Waals surface area contributed by atoms with Crippen molar-refractivity contribution < 1.29 is 9.16 Å². The van der Waals surface area contributed by atoms with E-state index in [1.165, 1.54) is 13.9 Å². The molecule has 37 heavy (non-hydrogen) atoms. The molecule has 0 fully saturated rings. The zero-order valence-electron chi connectivity index (χ0n) is 21.3. The van der Waals surface area contributed by atoms with Crippen LogP contribution >= 0.6 is 22.6 Å². The lowest BCUT2D eigenvalue weighted by Gasteiger charge is -2.34. The average Bonchev–Trinajstić information content (AvgIpc) is 3.33. The minimum absolute atomic E-state index is 0.0782. The Morgan fingerprint density at radius 1 is 0.838 bits per heavy atom. The van der Waals surface area contributed by atoms with E-state index in [2.05, 4.69) is 139 Å². The molecule has 0 saturated carbocycles. The van der Waals surface area contributed by atoms with Gasteiger partial charge < -0.3 is 13.6 Å². The van der Waals surface area contributed by atoms with Crippen LogP contribution in [0.5, 0.6) is 5.75 Å². The summed E-state index contributed by atoms with van der Waals surface area (Å²) in [5.74, 6) is 0.819. The van der Waals surface area contributed by atoms with Gasteiger partial charge in [0.25, 0.3) is 0 Å². The molecule has 1 unspecified atom stereocenters. The van der Waals surface area contributed by atoms with Crippen LogP contribution in [0.2, 0.25) is 0 Å². The van der Waals surface area contributed by atoms with Crippen molar-refractivity contribution in [3.8, 4) is 17.0 Å². The molecule has 0 N–H and O–H groups in total. The van der Waals surface area contributed by atoms with Gasteiger partial charge in [-0.1, -0.05) is 93.6 Å².